The number of hydrogen-bond acceptors (Lipinski definition) is 6. The molecular formula is C23H53N4O4P. The average Bonchev–Trinajstić information content (AvgIpc) is 3.22. The van der Waals surface area contributed by atoms with Gasteiger partial charge >= 0.3 is 0 Å². The van der Waals surface area contributed by atoms with Crippen molar-refractivity contribution in [3.8, 4) is 0 Å². The van der Waals surface area contributed by atoms with Gasteiger partial charge in [-0.2, -0.15) is 15.4 Å². The Balaban J connectivity index is -0.000000162. The van der Waals surface area contributed by atoms with Gasteiger partial charge in [0.1, 0.15) is 5.69 Å². The number of hydrogen-bond donors (Lipinski definition) is 4. The van der Waals surface area contributed by atoms with Crippen molar-refractivity contribution in [2.24, 2.45) is 23.0 Å². The molecule has 1 aromatic heterocycles. The molecular weight excluding hydrogens is 427 g/mol. The molecule has 2 unspecified atom stereocenters. The minimum atomic E-state index is -0.339. The zero-order valence-electron chi connectivity index (χ0n) is 22.3. The minimum absolute atomic E-state index is 0.0451. The van der Waals surface area contributed by atoms with Crippen LogP contribution in [0.15, 0.2) is 6.20 Å². The van der Waals surface area contributed by atoms with Crippen LogP contribution >= 0.6 is 9.24 Å². The van der Waals surface area contributed by atoms with Crippen molar-refractivity contribution in [3.05, 3.63) is 11.9 Å². The van der Waals surface area contributed by atoms with E-state index in [4.69, 9.17) is 20.7 Å². The Morgan fingerprint density at radius 3 is 1.81 bits per heavy atom. The van der Waals surface area contributed by atoms with Gasteiger partial charge in [-0.05, 0) is 36.8 Å². The van der Waals surface area contributed by atoms with Gasteiger partial charge in [-0.3, -0.25) is 4.79 Å². The molecule has 2 atom stereocenters. The van der Waals surface area contributed by atoms with Gasteiger partial charge in [0.05, 0.1) is 12.8 Å². The van der Waals surface area contributed by atoms with Crippen molar-refractivity contribution in [3.63, 3.8) is 0 Å². The van der Waals surface area contributed by atoms with Gasteiger partial charge in [-0.1, -0.05) is 62.3 Å². The molecule has 0 aliphatic heterocycles. The molecule has 0 aliphatic carbocycles. The van der Waals surface area contributed by atoms with E-state index in [1.807, 2.05) is 27.7 Å². The first kappa shape index (κ1) is 38.2. The van der Waals surface area contributed by atoms with Gasteiger partial charge in [-0.25, -0.2) is 0 Å². The Morgan fingerprint density at radius 1 is 1.16 bits per heavy atom. The fourth-order valence-electron chi connectivity index (χ4n) is 1.98. The smallest absolute Gasteiger partial charge is 0.223 e. The number of nitrogens with zero attached hydrogens (tertiary/aromatic N) is 2. The van der Waals surface area contributed by atoms with E-state index in [-0.39, 0.29) is 17.9 Å². The fourth-order valence-corrected chi connectivity index (χ4v) is 2.13. The number of nitrogens with one attached hydrogen (secondary N) is 1. The number of primary amides is 1. The van der Waals surface area contributed by atoms with Gasteiger partial charge in [0, 0.05) is 25.7 Å². The third-order valence-corrected chi connectivity index (χ3v) is 4.03. The summed E-state index contributed by atoms with van der Waals surface area (Å²) in [5.74, 6) is 1.10. The molecule has 0 bridgehead atoms. The normalized spacial score (nSPS) is 11.0. The predicted octanol–water partition coefficient (Wildman–Crippen LogP) is 4.18. The van der Waals surface area contributed by atoms with Crippen molar-refractivity contribution in [2.45, 2.75) is 93.8 Å². The first-order chi connectivity index (χ1) is 14.8. The molecule has 0 fully saturated rings. The number of aliphatic hydroxyl groups excluding tert-OH is 2. The summed E-state index contributed by atoms with van der Waals surface area (Å²) in [5.41, 5.74) is 5.97. The highest BCUT2D eigenvalue weighted by atomic mass is 31.0. The summed E-state index contributed by atoms with van der Waals surface area (Å²) in [6.07, 6.45) is 4.41. The van der Waals surface area contributed by atoms with E-state index < -0.39 is 0 Å². The van der Waals surface area contributed by atoms with E-state index in [9.17, 15) is 4.79 Å². The lowest BCUT2D eigenvalue weighted by Gasteiger charge is -2.22. The number of H-pyrrole nitrogens is 1. The van der Waals surface area contributed by atoms with Crippen molar-refractivity contribution in [1.82, 2.24) is 15.4 Å². The molecule has 0 radical (unpaired) electrons. The number of nitrogens with two attached hydrogens (primary N) is 1. The molecule has 1 rings (SSSR count). The lowest BCUT2D eigenvalue weighted by molar-refractivity contribution is -0.126. The van der Waals surface area contributed by atoms with Crippen LogP contribution in [-0.2, 0) is 16.1 Å². The standard InChI is InChI=1S/C8H17NO.C6H14O.C4H11OP.C3H5N3O.C2H6/c1-6(2)5-8(3,4)7(9)10;1-6(2)4-5-7-3;1-4(6)2-3-5;7-2-3-1-4-6-5-3;1-2/h6H,5H2,1-4H3,(H2,9,10);6H,4-5H2,1-3H3;4-5H,2-3,6H2,1H3;1,7H,2H2,(H,4,5,6);1-2H3. The number of ether oxygens (including phenoxy) is 1. The van der Waals surface area contributed by atoms with Gasteiger partial charge in [-0.15, -0.1) is 9.24 Å². The lowest BCUT2D eigenvalue weighted by atomic mass is 9.83. The molecule has 0 spiro atoms. The molecule has 1 heterocycles. The monoisotopic (exact) mass is 480 g/mol. The van der Waals surface area contributed by atoms with Crippen LogP contribution in [0.3, 0.4) is 0 Å². The Bertz CT molecular complexity index is 482. The van der Waals surface area contributed by atoms with Crippen LogP contribution in [0.1, 0.15) is 87.3 Å². The van der Waals surface area contributed by atoms with E-state index in [0.717, 1.165) is 25.4 Å². The number of methoxy groups -OCH3 is 1. The number of aromatic amines is 1. The highest BCUT2D eigenvalue weighted by Gasteiger charge is 2.25. The van der Waals surface area contributed by atoms with E-state index >= 15 is 0 Å². The number of carbonyl (C=O) groups excluding carboxylic acids is 1. The van der Waals surface area contributed by atoms with Gasteiger partial charge in [0.15, 0.2) is 0 Å². The van der Waals surface area contributed by atoms with E-state index in [1.165, 1.54) is 12.6 Å². The van der Waals surface area contributed by atoms with Crippen molar-refractivity contribution >= 4 is 15.1 Å². The third-order valence-electron chi connectivity index (χ3n) is 3.70. The highest BCUT2D eigenvalue weighted by Crippen LogP contribution is 2.24. The van der Waals surface area contributed by atoms with Gasteiger partial charge in [0.25, 0.3) is 0 Å². The molecule has 1 amide bonds. The molecule has 8 nitrogen and oxygen atoms in total. The van der Waals surface area contributed by atoms with Crippen LogP contribution < -0.4 is 5.73 Å². The molecule has 5 N–H and O–H groups in total. The number of carbonyl (C=O) groups is 1. The zero-order valence-corrected chi connectivity index (χ0v) is 23.5. The number of aromatic nitrogens is 3. The maximum atomic E-state index is 10.8. The van der Waals surface area contributed by atoms with E-state index in [2.05, 4.69) is 59.3 Å². The maximum absolute atomic E-state index is 10.8. The van der Waals surface area contributed by atoms with Crippen molar-refractivity contribution in [2.75, 3.05) is 20.3 Å². The van der Waals surface area contributed by atoms with Crippen LogP contribution in [0.4, 0.5) is 0 Å². The summed E-state index contributed by atoms with van der Waals surface area (Å²) >= 11 is 0. The van der Waals surface area contributed by atoms with Crippen LogP contribution in [0.25, 0.3) is 0 Å². The molecule has 0 saturated heterocycles. The van der Waals surface area contributed by atoms with E-state index in [1.54, 1.807) is 7.11 Å². The van der Waals surface area contributed by atoms with Crippen LogP contribution in [-0.4, -0.2) is 57.5 Å². The Labute approximate surface area is 199 Å². The summed E-state index contributed by atoms with van der Waals surface area (Å²) in [4.78, 5) is 10.8. The third kappa shape index (κ3) is 33.6. The first-order valence-corrected chi connectivity index (χ1v) is 12.1. The maximum Gasteiger partial charge on any atom is 0.223 e. The zero-order chi connectivity index (χ0) is 26.2. The molecule has 0 saturated carbocycles. The summed E-state index contributed by atoms with van der Waals surface area (Å²) in [5, 5.41) is 25.9. The molecule has 1 aromatic rings. The largest absolute Gasteiger partial charge is 0.396 e. The SMILES string of the molecule is CC.CC(C)CC(C)(C)C(N)=O.CC(P)CCO.COCCC(C)C.OCc1cn[nH]n1. The highest BCUT2D eigenvalue weighted by molar-refractivity contribution is 7.17. The Hall–Kier alpha value is -1.08. The summed E-state index contributed by atoms with van der Waals surface area (Å²) in [6, 6.07) is 0. The Kier molecular flexibility index (Phi) is 31.2. The topological polar surface area (TPSA) is 134 Å². The van der Waals surface area contributed by atoms with Crippen molar-refractivity contribution < 1.29 is 19.7 Å². The predicted molar refractivity (Wildman–Crippen MR) is 138 cm³/mol. The van der Waals surface area contributed by atoms with E-state index in [0.29, 0.717) is 23.9 Å². The van der Waals surface area contributed by atoms with Crippen LogP contribution in [0.5, 0.6) is 0 Å². The Morgan fingerprint density at radius 2 is 1.69 bits per heavy atom. The molecule has 0 aromatic carbocycles. The molecule has 32 heavy (non-hydrogen) atoms. The lowest BCUT2D eigenvalue weighted by Crippen LogP contribution is -2.32. The summed E-state index contributed by atoms with van der Waals surface area (Å²) in [6.45, 7) is 19.6. The molecule has 0 aliphatic rings. The molecule has 194 valence electrons. The second-order valence-corrected chi connectivity index (χ2v) is 9.77. The second kappa shape index (κ2) is 26.2. The summed E-state index contributed by atoms with van der Waals surface area (Å²) < 4.78 is 4.85. The van der Waals surface area contributed by atoms with Crippen LogP contribution in [0.2, 0.25) is 0 Å². The minimum Gasteiger partial charge on any atom is -0.396 e. The average molecular weight is 481 g/mol. The van der Waals surface area contributed by atoms with Crippen LogP contribution in [0, 0.1) is 17.3 Å². The second-order valence-electron chi connectivity index (χ2n) is 8.63. The fraction of sp³-hybridized carbons (Fsp3) is 0.870. The van der Waals surface area contributed by atoms with Gasteiger partial charge in [0.2, 0.25) is 5.91 Å². The first-order valence-electron chi connectivity index (χ1n) is 11.4. The molecule has 9 heteroatoms. The van der Waals surface area contributed by atoms with Crippen molar-refractivity contribution in [1.29, 1.82) is 0 Å². The number of aliphatic hydroxyl groups is 2. The quantitative estimate of drug-likeness (QED) is 0.392. The number of amides is 1. The van der Waals surface area contributed by atoms with Gasteiger partial charge < -0.3 is 20.7 Å². The number of rotatable bonds is 9. The summed E-state index contributed by atoms with van der Waals surface area (Å²) in [7, 11) is 4.36.